The fourth-order valence-corrected chi connectivity index (χ4v) is 5.75. The minimum absolute atomic E-state index is 0.265. The summed E-state index contributed by atoms with van der Waals surface area (Å²) in [6, 6.07) is 25.7. The van der Waals surface area contributed by atoms with Crippen LogP contribution in [0, 0.1) is 11.7 Å². The topological polar surface area (TPSA) is 92.9 Å². The van der Waals surface area contributed by atoms with E-state index < -0.39 is 5.97 Å². The van der Waals surface area contributed by atoms with Gasteiger partial charge in [0.05, 0.1) is 0 Å². The van der Waals surface area contributed by atoms with E-state index in [0.717, 1.165) is 42.4 Å². The molecular formula is C35H32FN3O4. The Bertz CT molecular complexity index is 1720. The van der Waals surface area contributed by atoms with Crippen molar-refractivity contribution in [2.75, 3.05) is 0 Å². The number of nitrogens with zero attached hydrogens (tertiary/aromatic N) is 2. The van der Waals surface area contributed by atoms with Gasteiger partial charge in [-0.25, -0.2) is 9.37 Å². The average Bonchev–Trinajstić information content (AvgIpc) is 3.46. The number of halogens is 1. The van der Waals surface area contributed by atoms with Gasteiger partial charge in [0.15, 0.2) is 0 Å². The summed E-state index contributed by atoms with van der Waals surface area (Å²) >= 11 is 0. The van der Waals surface area contributed by atoms with E-state index in [1.165, 1.54) is 17.7 Å². The van der Waals surface area contributed by atoms with Crippen LogP contribution in [0.15, 0.2) is 97.3 Å². The zero-order valence-electron chi connectivity index (χ0n) is 23.6. The first kappa shape index (κ1) is 28.2. The van der Waals surface area contributed by atoms with Crippen LogP contribution in [-0.4, -0.2) is 26.4 Å². The molecule has 0 radical (unpaired) electrons. The number of hydrogen-bond donors (Lipinski definition) is 2. The lowest BCUT2D eigenvalue weighted by atomic mass is 9.77. The Kier molecular flexibility index (Phi) is 8.18. The van der Waals surface area contributed by atoms with E-state index in [-0.39, 0.29) is 18.1 Å². The molecule has 1 amide bonds. The van der Waals surface area contributed by atoms with Crippen LogP contribution in [0.1, 0.15) is 59.6 Å². The average molecular weight is 578 g/mol. The summed E-state index contributed by atoms with van der Waals surface area (Å²) in [5, 5.41) is 12.0. The van der Waals surface area contributed by atoms with Gasteiger partial charge in [0.2, 0.25) is 0 Å². The molecule has 5 aromatic rings. The van der Waals surface area contributed by atoms with E-state index in [0.29, 0.717) is 41.2 Å². The number of carboxylic acid groups (broad SMARTS) is 1. The Hall–Kier alpha value is -4.98. The molecular weight excluding hydrogens is 545 g/mol. The third-order valence-corrected chi connectivity index (χ3v) is 8.13. The van der Waals surface area contributed by atoms with E-state index in [2.05, 4.69) is 34.6 Å². The lowest BCUT2D eigenvalue weighted by Crippen LogP contribution is -2.23. The Balaban J connectivity index is 1.05. The number of rotatable bonds is 9. The fraction of sp³-hybridized carbons (Fsp3) is 0.229. The van der Waals surface area contributed by atoms with Crippen LogP contribution < -0.4 is 10.1 Å². The number of benzene rings is 3. The normalized spacial score (nSPS) is 16.6. The first-order valence-corrected chi connectivity index (χ1v) is 14.5. The highest BCUT2D eigenvalue weighted by Crippen LogP contribution is 2.37. The molecule has 2 aromatic heterocycles. The molecule has 0 aliphatic heterocycles. The molecule has 0 spiro atoms. The predicted molar refractivity (Wildman–Crippen MR) is 162 cm³/mol. The molecule has 1 aliphatic rings. The van der Waals surface area contributed by atoms with E-state index >= 15 is 0 Å². The van der Waals surface area contributed by atoms with Crippen molar-refractivity contribution in [2.24, 2.45) is 5.92 Å². The van der Waals surface area contributed by atoms with Crippen molar-refractivity contribution in [2.45, 2.75) is 44.6 Å². The summed E-state index contributed by atoms with van der Waals surface area (Å²) in [4.78, 5) is 28.4. The molecule has 0 bridgehead atoms. The second-order valence-electron chi connectivity index (χ2n) is 11.1. The van der Waals surface area contributed by atoms with Gasteiger partial charge in [-0.3, -0.25) is 9.59 Å². The van der Waals surface area contributed by atoms with Gasteiger partial charge in [-0.15, -0.1) is 0 Å². The van der Waals surface area contributed by atoms with Crippen molar-refractivity contribution in [3.8, 4) is 22.6 Å². The Labute approximate surface area is 249 Å². The zero-order valence-corrected chi connectivity index (χ0v) is 23.6. The van der Waals surface area contributed by atoms with E-state index in [1.54, 1.807) is 30.5 Å². The second-order valence-corrected chi connectivity index (χ2v) is 11.1. The largest absolute Gasteiger partial charge is 0.481 e. The monoisotopic (exact) mass is 577 g/mol. The highest BCUT2D eigenvalue weighted by atomic mass is 19.1. The van der Waals surface area contributed by atoms with Gasteiger partial charge in [0, 0.05) is 25.4 Å². The summed E-state index contributed by atoms with van der Waals surface area (Å²) in [6.45, 7) is 0.336. The fourth-order valence-electron chi connectivity index (χ4n) is 5.75. The van der Waals surface area contributed by atoms with Crippen molar-refractivity contribution < 1.29 is 23.8 Å². The van der Waals surface area contributed by atoms with Crippen molar-refractivity contribution in [1.82, 2.24) is 14.7 Å². The van der Waals surface area contributed by atoms with Crippen molar-refractivity contribution in [3.63, 3.8) is 0 Å². The molecule has 2 heterocycles. The van der Waals surface area contributed by atoms with E-state index in [4.69, 9.17) is 9.84 Å². The highest BCUT2D eigenvalue weighted by molar-refractivity contribution is 5.92. The molecule has 0 atom stereocenters. The van der Waals surface area contributed by atoms with Gasteiger partial charge in [0.1, 0.15) is 28.7 Å². The maximum Gasteiger partial charge on any atom is 0.303 e. The second kappa shape index (κ2) is 12.5. The van der Waals surface area contributed by atoms with Crippen LogP contribution in [0.5, 0.6) is 11.5 Å². The number of hydrogen-bond acceptors (Lipinski definition) is 4. The predicted octanol–water partition coefficient (Wildman–Crippen LogP) is 7.61. The molecule has 1 aliphatic carbocycles. The minimum Gasteiger partial charge on any atom is -0.481 e. The van der Waals surface area contributed by atoms with Crippen molar-refractivity contribution in [1.29, 1.82) is 0 Å². The molecule has 2 N–H and O–H groups in total. The molecule has 0 saturated heterocycles. The lowest BCUT2D eigenvalue weighted by molar-refractivity contribution is -0.138. The number of imidazole rings is 1. The molecule has 8 heteroatoms. The summed E-state index contributed by atoms with van der Waals surface area (Å²) in [6.07, 6.45) is 7.97. The maximum absolute atomic E-state index is 13.1. The van der Waals surface area contributed by atoms with Gasteiger partial charge in [-0.2, -0.15) is 0 Å². The Morgan fingerprint density at radius 2 is 1.49 bits per heavy atom. The zero-order chi connectivity index (χ0) is 29.8. The van der Waals surface area contributed by atoms with E-state index in [9.17, 15) is 14.0 Å². The van der Waals surface area contributed by atoms with Crippen LogP contribution in [-0.2, 0) is 11.3 Å². The number of nitrogens with one attached hydrogen (secondary N) is 1. The standard InChI is InChI=1S/C35H32FN3O4/c36-29-12-16-31(17-13-29)43-30-14-3-24(4-15-30)20-37-35(42)32-22-39-21-28(11-18-33(39)38-32)27-9-7-26(8-10-27)25-5-1-23(2-6-25)19-34(40)41/h3-4,7-18,21-23,25H,1-2,5-6,19-20H2,(H,37,42)(H,40,41)/t23-,25-. The number of carbonyl (C=O) groups excluding carboxylic acids is 1. The van der Waals surface area contributed by atoms with Crippen LogP contribution in [0.2, 0.25) is 0 Å². The molecule has 0 unspecified atom stereocenters. The molecule has 1 saturated carbocycles. The first-order valence-electron chi connectivity index (χ1n) is 14.5. The Morgan fingerprint density at radius 1 is 0.837 bits per heavy atom. The van der Waals surface area contributed by atoms with Gasteiger partial charge < -0.3 is 19.6 Å². The summed E-state index contributed by atoms with van der Waals surface area (Å²) < 4.78 is 20.7. The summed E-state index contributed by atoms with van der Waals surface area (Å²) in [5.41, 5.74) is 5.33. The van der Waals surface area contributed by atoms with E-state index in [1.807, 2.05) is 34.9 Å². The van der Waals surface area contributed by atoms with Crippen LogP contribution in [0.3, 0.4) is 0 Å². The minimum atomic E-state index is -0.700. The first-order chi connectivity index (χ1) is 20.9. The lowest BCUT2D eigenvalue weighted by Gasteiger charge is -2.28. The van der Waals surface area contributed by atoms with Gasteiger partial charge in [-0.05, 0) is 108 Å². The number of carboxylic acids is 1. The smallest absolute Gasteiger partial charge is 0.303 e. The molecule has 7 nitrogen and oxygen atoms in total. The van der Waals surface area contributed by atoms with Gasteiger partial charge in [-0.1, -0.05) is 36.4 Å². The number of aromatic nitrogens is 2. The number of pyridine rings is 1. The highest BCUT2D eigenvalue weighted by Gasteiger charge is 2.24. The molecule has 3 aromatic carbocycles. The summed E-state index contributed by atoms with van der Waals surface area (Å²) in [5.74, 6) is 0.650. The quantitative estimate of drug-likeness (QED) is 0.188. The van der Waals surface area contributed by atoms with Crippen LogP contribution in [0.4, 0.5) is 4.39 Å². The van der Waals surface area contributed by atoms with Gasteiger partial charge in [0.25, 0.3) is 5.91 Å². The van der Waals surface area contributed by atoms with Crippen molar-refractivity contribution in [3.05, 3.63) is 120 Å². The van der Waals surface area contributed by atoms with Crippen LogP contribution in [0.25, 0.3) is 16.8 Å². The van der Waals surface area contributed by atoms with Crippen molar-refractivity contribution >= 4 is 17.5 Å². The third kappa shape index (κ3) is 6.92. The number of aliphatic carboxylic acids is 1. The number of ether oxygens (including phenoxy) is 1. The Morgan fingerprint density at radius 3 is 2.16 bits per heavy atom. The molecule has 6 rings (SSSR count). The summed E-state index contributed by atoms with van der Waals surface area (Å²) in [7, 11) is 0. The SMILES string of the molecule is O=C(O)C[C@H]1CC[C@H](c2ccc(-c3ccc4nc(C(=O)NCc5ccc(Oc6ccc(F)cc6)cc5)cn4c3)cc2)CC1. The maximum atomic E-state index is 13.1. The van der Waals surface area contributed by atoms with Gasteiger partial charge >= 0.3 is 5.97 Å². The van der Waals surface area contributed by atoms with Crippen LogP contribution >= 0.6 is 0 Å². The number of fused-ring (bicyclic) bond motifs is 1. The molecule has 218 valence electrons. The third-order valence-electron chi connectivity index (χ3n) is 8.13. The molecule has 1 fully saturated rings. The number of amides is 1. The number of carbonyl (C=O) groups is 2. The molecule has 43 heavy (non-hydrogen) atoms.